The van der Waals surface area contributed by atoms with Gasteiger partial charge in [-0.25, -0.2) is 0 Å². The Kier molecular flexibility index (Phi) is 3.32. The third-order valence-electron chi connectivity index (χ3n) is 2.02. The second-order valence-corrected chi connectivity index (χ2v) is 5.41. The molecule has 1 aliphatic rings. The molecule has 0 atom stereocenters. The van der Waals surface area contributed by atoms with Crippen molar-refractivity contribution in [2.75, 3.05) is 0 Å². The highest BCUT2D eigenvalue weighted by Crippen LogP contribution is 2.18. The molecule has 0 N–H and O–H groups in total. The monoisotopic (exact) mass is 216 g/mol. The van der Waals surface area contributed by atoms with E-state index >= 15 is 0 Å². The first-order valence-corrected chi connectivity index (χ1v) is 7.22. The SMILES string of the molecule is C1=C[SiH2]C=C1.c1ccc2sccc2c1. The van der Waals surface area contributed by atoms with Crippen LogP contribution >= 0.6 is 11.3 Å². The molecule has 2 aromatic rings. The van der Waals surface area contributed by atoms with Gasteiger partial charge in [-0.3, -0.25) is 0 Å². The van der Waals surface area contributed by atoms with Crippen molar-refractivity contribution in [3.05, 3.63) is 59.3 Å². The summed E-state index contributed by atoms with van der Waals surface area (Å²) in [6, 6.07) is 10.5. The Balaban J connectivity index is 0.000000128. The van der Waals surface area contributed by atoms with Crippen molar-refractivity contribution in [1.29, 1.82) is 0 Å². The van der Waals surface area contributed by atoms with Crippen LogP contribution < -0.4 is 0 Å². The normalized spacial score (nSPS) is 12.9. The molecule has 1 aromatic carbocycles. The van der Waals surface area contributed by atoms with Gasteiger partial charge in [0, 0.05) is 4.70 Å². The number of hydrogen-bond acceptors (Lipinski definition) is 1. The quantitative estimate of drug-likeness (QED) is 0.594. The van der Waals surface area contributed by atoms with Crippen LogP contribution in [0.5, 0.6) is 0 Å². The highest BCUT2D eigenvalue weighted by Gasteiger charge is 1.87. The summed E-state index contributed by atoms with van der Waals surface area (Å²) in [6.45, 7) is 0. The largest absolute Gasteiger partial charge is 0.144 e. The van der Waals surface area contributed by atoms with Gasteiger partial charge in [0.15, 0.2) is 0 Å². The van der Waals surface area contributed by atoms with E-state index in [1.165, 1.54) is 10.1 Å². The van der Waals surface area contributed by atoms with E-state index in [0.717, 1.165) is 0 Å². The van der Waals surface area contributed by atoms with Gasteiger partial charge in [-0.2, -0.15) is 0 Å². The summed E-state index contributed by atoms with van der Waals surface area (Å²) in [6.07, 6.45) is 4.23. The average molecular weight is 216 g/mol. The molecule has 0 unspecified atom stereocenters. The van der Waals surface area contributed by atoms with Gasteiger partial charge in [-0.15, -0.1) is 11.3 Å². The predicted molar refractivity (Wildman–Crippen MR) is 68.6 cm³/mol. The van der Waals surface area contributed by atoms with E-state index in [9.17, 15) is 0 Å². The van der Waals surface area contributed by atoms with Crippen LogP contribution in [-0.4, -0.2) is 9.52 Å². The Morgan fingerprint density at radius 2 is 1.71 bits per heavy atom. The molecule has 2 heterocycles. The maximum Gasteiger partial charge on any atom is 0.0691 e. The maximum absolute atomic E-state index is 2.26. The lowest BCUT2D eigenvalue weighted by Crippen LogP contribution is -1.63. The standard InChI is InChI=1S/C8H6S.C4H6Si/c1-2-4-8-7(3-1)5-6-9-8;1-2-4-5-3-1/h1-6H;1-4H,5H2. The first-order chi connectivity index (χ1) is 6.97. The van der Waals surface area contributed by atoms with Crippen molar-refractivity contribution in [2.45, 2.75) is 0 Å². The third-order valence-corrected chi connectivity index (χ3v) is 4.00. The fourth-order valence-corrected chi connectivity index (χ4v) is 2.88. The Bertz CT molecular complexity index is 414. The van der Waals surface area contributed by atoms with Gasteiger partial charge in [0.1, 0.15) is 0 Å². The van der Waals surface area contributed by atoms with Gasteiger partial charge in [-0.1, -0.05) is 41.7 Å². The van der Waals surface area contributed by atoms with Crippen molar-refractivity contribution < 1.29 is 0 Å². The first-order valence-electron chi connectivity index (χ1n) is 4.71. The Morgan fingerprint density at radius 1 is 0.929 bits per heavy atom. The van der Waals surface area contributed by atoms with Gasteiger partial charge >= 0.3 is 0 Å². The summed E-state index contributed by atoms with van der Waals surface area (Å²) < 4.78 is 1.37. The van der Waals surface area contributed by atoms with Crippen LogP contribution in [0.2, 0.25) is 0 Å². The summed E-state index contributed by atoms with van der Waals surface area (Å²) in [4.78, 5) is 0. The lowest BCUT2D eigenvalue weighted by molar-refractivity contribution is 1.86. The molecule has 2 heteroatoms. The summed E-state index contributed by atoms with van der Waals surface area (Å²) in [5.74, 6) is 0. The van der Waals surface area contributed by atoms with Crippen molar-refractivity contribution in [3.8, 4) is 0 Å². The zero-order chi connectivity index (χ0) is 9.64. The van der Waals surface area contributed by atoms with Crippen molar-refractivity contribution in [1.82, 2.24) is 0 Å². The van der Waals surface area contributed by atoms with Crippen LogP contribution in [0.25, 0.3) is 10.1 Å². The summed E-state index contributed by atoms with van der Waals surface area (Å²) in [5, 5.41) is 3.47. The van der Waals surface area contributed by atoms with Crippen LogP contribution in [0, 0.1) is 0 Å². The zero-order valence-electron chi connectivity index (χ0n) is 7.89. The molecule has 0 spiro atoms. The Labute approximate surface area is 90.4 Å². The van der Waals surface area contributed by atoms with E-state index in [1.54, 1.807) is 11.3 Å². The Hall–Kier alpha value is -1.12. The van der Waals surface area contributed by atoms with E-state index in [4.69, 9.17) is 0 Å². The lowest BCUT2D eigenvalue weighted by Gasteiger charge is -1.82. The molecule has 1 aliphatic heterocycles. The molecular weight excluding hydrogens is 204 g/mol. The number of rotatable bonds is 0. The highest BCUT2D eigenvalue weighted by molar-refractivity contribution is 7.17. The number of fused-ring (bicyclic) bond motifs is 1. The second kappa shape index (κ2) is 4.93. The van der Waals surface area contributed by atoms with Crippen LogP contribution in [-0.2, 0) is 0 Å². The number of hydrogen-bond donors (Lipinski definition) is 0. The summed E-state index contributed by atoms with van der Waals surface area (Å²) in [5.41, 5.74) is 4.53. The number of thiophene rings is 1. The molecule has 0 aliphatic carbocycles. The van der Waals surface area contributed by atoms with Crippen LogP contribution in [0.3, 0.4) is 0 Å². The minimum absolute atomic E-state index is 0.182. The summed E-state index contributed by atoms with van der Waals surface area (Å²) in [7, 11) is 0.182. The molecule has 0 saturated heterocycles. The van der Waals surface area contributed by atoms with Gasteiger partial charge < -0.3 is 0 Å². The lowest BCUT2D eigenvalue weighted by atomic mass is 10.3. The molecule has 0 fully saturated rings. The van der Waals surface area contributed by atoms with Gasteiger partial charge in [0.2, 0.25) is 0 Å². The van der Waals surface area contributed by atoms with Crippen LogP contribution in [0.1, 0.15) is 0 Å². The van der Waals surface area contributed by atoms with Crippen molar-refractivity contribution >= 4 is 30.9 Å². The topological polar surface area (TPSA) is 0 Å². The Morgan fingerprint density at radius 3 is 2.36 bits per heavy atom. The predicted octanol–water partition coefficient (Wildman–Crippen LogP) is 3.10. The first kappa shape index (κ1) is 9.43. The highest BCUT2D eigenvalue weighted by atomic mass is 32.1. The maximum atomic E-state index is 2.26. The van der Waals surface area contributed by atoms with Crippen molar-refractivity contribution in [2.24, 2.45) is 0 Å². The molecular formula is C12H12SSi. The zero-order valence-corrected chi connectivity index (χ0v) is 10.1. The fraction of sp³-hybridized carbons (Fsp3) is 0. The van der Waals surface area contributed by atoms with Crippen molar-refractivity contribution in [3.63, 3.8) is 0 Å². The number of allylic oxidation sites excluding steroid dienone is 2. The van der Waals surface area contributed by atoms with Crippen LogP contribution in [0.4, 0.5) is 0 Å². The fourth-order valence-electron chi connectivity index (χ4n) is 1.30. The molecule has 14 heavy (non-hydrogen) atoms. The molecule has 70 valence electrons. The van der Waals surface area contributed by atoms with Gasteiger partial charge in [0.05, 0.1) is 9.52 Å². The molecule has 3 rings (SSSR count). The van der Waals surface area contributed by atoms with Gasteiger partial charge in [0.25, 0.3) is 0 Å². The summed E-state index contributed by atoms with van der Waals surface area (Å²) >= 11 is 1.79. The van der Waals surface area contributed by atoms with E-state index in [-0.39, 0.29) is 9.52 Å². The van der Waals surface area contributed by atoms with E-state index in [0.29, 0.717) is 0 Å². The van der Waals surface area contributed by atoms with E-state index < -0.39 is 0 Å². The smallest absolute Gasteiger partial charge is 0.0691 e. The average Bonchev–Trinajstić information content (AvgIpc) is 2.92. The molecule has 0 radical (unpaired) electrons. The minimum atomic E-state index is 0.182. The molecule has 0 bridgehead atoms. The minimum Gasteiger partial charge on any atom is -0.144 e. The second-order valence-electron chi connectivity index (χ2n) is 3.05. The van der Waals surface area contributed by atoms with E-state index in [2.05, 4.69) is 59.3 Å². The number of benzene rings is 1. The van der Waals surface area contributed by atoms with Gasteiger partial charge in [-0.05, 0) is 22.9 Å². The molecule has 1 aromatic heterocycles. The van der Waals surface area contributed by atoms with Crippen LogP contribution in [0.15, 0.2) is 59.3 Å². The third kappa shape index (κ3) is 2.43. The van der Waals surface area contributed by atoms with E-state index in [1.807, 2.05) is 0 Å². The molecule has 0 nitrogen and oxygen atoms in total. The molecule has 0 amide bonds. The molecule has 0 saturated carbocycles.